The average Bonchev–Trinajstić information content (AvgIpc) is 2.44. The van der Waals surface area contributed by atoms with Gasteiger partial charge >= 0.3 is 12.3 Å². The molecule has 3 nitrogen and oxygen atoms in total. The van der Waals surface area contributed by atoms with Crippen molar-refractivity contribution in [3.63, 3.8) is 0 Å². The molecule has 2 aromatic rings. The molecule has 0 aliphatic heterocycles. The predicted molar refractivity (Wildman–Crippen MR) is 62.9 cm³/mol. The van der Waals surface area contributed by atoms with Gasteiger partial charge in [0.25, 0.3) is 0 Å². The van der Waals surface area contributed by atoms with E-state index in [0.29, 0.717) is 10.9 Å². The highest BCUT2D eigenvalue weighted by Gasteiger charge is 2.42. The summed E-state index contributed by atoms with van der Waals surface area (Å²) in [6, 6.07) is 8.10. The largest absolute Gasteiger partial charge is 0.485 e. The molecule has 0 atom stereocenters. The van der Waals surface area contributed by atoms with Crippen LogP contribution in [0.2, 0.25) is 0 Å². The van der Waals surface area contributed by atoms with Crippen molar-refractivity contribution in [3.05, 3.63) is 36.0 Å². The topological polar surface area (TPSA) is 45.9 Å². The number of pyridine rings is 1. The van der Waals surface area contributed by atoms with Gasteiger partial charge in [-0.05, 0) is 12.1 Å². The quantitative estimate of drug-likeness (QED) is 0.808. The average molecular weight is 284 g/mol. The van der Waals surface area contributed by atoms with E-state index in [1.165, 1.54) is 6.07 Å². The van der Waals surface area contributed by atoms with E-state index in [9.17, 15) is 17.6 Å². The Kier molecular flexibility index (Phi) is 3.74. The molecule has 1 heterocycles. The summed E-state index contributed by atoms with van der Waals surface area (Å²) < 4.78 is 54.8. The Morgan fingerprint density at radius 2 is 2.00 bits per heavy atom. The van der Waals surface area contributed by atoms with Gasteiger partial charge in [0.15, 0.2) is 6.61 Å². The minimum absolute atomic E-state index is 0.0891. The number of halogens is 4. The summed E-state index contributed by atoms with van der Waals surface area (Å²) in [7, 11) is 0. The Morgan fingerprint density at radius 1 is 1.30 bits per heavy atom. The highest BCUT2D eigenvalue weighted by Crippen LogP contribution is 2.30. The number of nitrogens with zero attached hydrogens (tertiary/aromatic N) is 2. The molecule has 20 heavy (non-hydrogen) atoms. The smallest absolute Gasteiger partial charge is 0.340 e. The van der Waals surface area contributed by atoms with Gasteiger partial charge < -0.3 is 4.74 Å². The molecule has 1 aromatic carbocycles. The summed E-state index contributed by atoms with van der Waals surface area (Å²) in [5.41, 5.74) is 0.329. The van der Waals surface area contributed by atoms with Gasteiger partial charge in [-0.2, -0.15) is 14.0 Å². The third-order valence-corrected chi connectivity index (χ3v) is 2.57. The van der Waals surface area contributed by atoms with E-state index < -0.39 is 19.0 Å². The Morgan fingerprint density at radius 3 is 2.65 bits per heavy atom. The van der Waals surface area contributed by atoms with E-state index in [1.807, 2.05) is 0 Å². The molecule has 0 saturated carbocycles. The Labute approximate surface area is 111 Å². The predicted octanol–water partition coefficient (Wildman–Crippen LogP) is 3.39. The lowest BCUT2D eigenvalue weighted by molar-refractivity contribution is -0.148. The van der Waals surface area contributed by atoms with Gasteiger partial charge in [0.05, 0.1) is 5.52 Å². The van der Waals surface area contributed by atoms with Gasteiger partial charge in [-0.3, -0.25) is 4.98 Å². The van der Waals surface area contributed by atoms with Crippen LogP contribution < -0.4 is 4.74 Å². The first-order valence-corrected chi connectivity index (χ1v) is 5.52. The highest BCUT2D eigenvalue weighted by atomic mass is 19.3. The molecule has 0 bridgehead atoms. The standard InChI is InChI=1S/C13H8F4N2O/c14-12(15)13(16,17)7-20-11-8(5-18)6-19-10-4-2-1-3-9(10)11/h1-4,6,12H,7H2. The van der Waals surface area contributed by atoms with Crippen molar-refractivity contribution >= 4 is 10.9 Å². The Balaban J connectivity index is 2.40. The lowest BCUT2D eigenvalue weighted by Gasteiger charge is -2.17. The minimum atomic E-state index is -4.28. The molecule has 0 radical (unpaired) electrons. The van der Waals surface area contributed by atoms with Crippen molar-refractivity contribution in [1.29, 1.82) is 5.26 Å². The maximum Gasteiger partial charge on any atom is 0.340 e. The molecule has 104 valence electrons. The van der Waals surface area contributed by atoms with E-state index >= 15 is 0 Å². The number of hydrogen-bond donors (Lipinski definition) is 0. The van der Waals surface area contributed by atoms with Crippen molar-refractivity contribution in [3.8, 4) is 11.8 Å². The van der Waals surface area contributed by atoms with Crippen LogP contribution in [0.3, 0.4) is 0 Å². The van der Waals surface area contributed by atoms with Crippen LogP contribution in [-0.4, -0.2) is 23.9 Å². The summed E-state index contributed by atoms with van der Waals surface area (Å²) in [5, 5.41) is 9.23. The number of hydrogen-bond acceptors (Lipinski definition) is 3. The zero-order chi connectivity index (χ0) is 14.8. The molecule has 0 aliphatic rings. The molecule has 0 N–H and O–H groups in total. The number of fused-ring (bicyclic) bond motifs is 1. The molecule has 0 unspecified atom stereocenters. The third kappa shape index (κ3) is 2.64. The monoisotopic (exact) mass is 284 g/mol. The summed E-state index contributed by atoms with van der Waals surface area (Å²) >= 11 is 0. The maximum absolute atomic E-state index is 12.9. The molecular formula is C13H8F4N2O. The van der Waals surface area contributed by atoms with E-state index in [2.05, 4.69) is 4.98 Å². The lowest BCUT2D eigenvalue weighted by atomic mass is 10.1. The fourth-order valence-electron chi connectivity index (χ4n) is 1.58. The van der Waals surface area contributed by atoms with Crippen molar-refractivity contribution in [2.24, 2.45) is 0 Å². The second-order valence-corrected chi connectivity index (χ2v) is 3.98. The zero-order valence-corrected chi connectivity index (χ0v) is 9.99. The van der Waals surface area contributed by atoms with Crippen LogP contribution in [0.5, 0.6) is 5.75 Å². The molecule has 0 fully saturated rings. The fraction of sp³-hybridized carbons (Fsp3) is 0.231. The van der Waals surface area contributed by atoms with Gasteiger partial charge in [-0.25, -0.2) is 8.78 Å². The molecule has 0 saturated heterocycles. The van der Waals surface area contributed by atoms with Crippen molar-refractivity contribution in [2.75, 3.05) is 6.61 Å². The molecule has 7 heteroatoms. The Hall–Kier alpha value is -2.36. The lowest BCUT2D eigenvalue weighted by Crippen LogP contribution is -2.33. The van der Waals surface area contributed by atoms with Crippen LogP contribution in [0.4, 0.5) is 17.6 Å². The third-order valence-electron chi connectivity index (χ3n) is 2.57. The molecule has 0 amide bonds. The summed E-state index contributed by atoms with van der Waals surface area (Å²) in [5.74, 6) is -4.45. The van der Waals surface area contributed by atoms with Gasteiger partial charge in [0.2, 0.25) is 0 Å². The molecule has 0 spiro atoms. The van der Waals surface area contributed by atoms with Crippen molar-refractivity contribution < 1.29 is 22.3 Å². The first-order valence-electron chi connectivity index (χ1n) is 5.52. The molecule has 0 aliphatic carbocycles. The number of aromatic nitrogens is 1. The van der Waals surface area contributed by atoms with Gasteiger partial charge in [-0.15, -0.1) is 0 Å². The summed E-state index contributed by atoms with van der Waals surface area (Å²) in [6.07, 6.45) is -2.68. The Bertz CT molecular complexity index is 667. The van der Waals surface area contributed by atoms with Crippen LogP contribution in [0.25, 0.3) is 10.9 Å². The van der Waals surface area contributed by atoms with Crippen LogP contribution in [0.15, 0.2) is 30.5 Å². The van der Waals surface area contributed by atoms with Crippen molar-refractivity contribution in [2.45, 2.75) is 12.3 Å². The van der Waals surface area contributed by atoms with Gasteiger partial charge in [-0.1, -0.05) is 12.1 Å². The normalized spacial score (nSPS) is 11.6. The van der Waals surface area contributed by atoms with E-state index in [1.54, 1.807) is 24.3 Å². The summed E-state index contributed by atoms with van der Waals surface area (Å²) in [6.45, 7) is -1.51. The first-order chi connectivity index (χ1) is 9.45. The maximum atomic E-state index is 12.9. The zero-order valence-electron chi connectivity index (χ0n) is 9.99. The van der Waals surface area contributed by atoms with Crippen LogP contribution in [0.1, 0.15) is 5.56 Å². The second kappa shape index (κ2) is 5.33. The number of rotatable bonds is 4. The number of para-hydroxylation sites is 1. The van der Waals surface area contributed by atoms with E-state index in [-0.39, 0.29) is 11.3 Å². The second-order valence-electron chi connectivity index (χ2n) is 3.98. The van der Waals surface area contributed by atoms with Crippen LogP contribution >= 0.6 is 0 Å². The number of alkyl halides is 4. The number of nitriles is 1. The van der Waals surface area contributed by atoms with E-state index in [0.717, 1.165) is 6.20 Å². The summed E-state index contributed by atoms with van der Waals surface area (Å²) in [4.78, 5) is 3.95. The number of ether oxygens (including phenoxy) is 1. The minimum Gasteiger partial charge on any atom is -0.485 e. The van der Waals surface area contributed by atoms with Crippen LogP contribution in [-0.2, 0) is 0 Å². The van der Waals surface area contributed by atoms with E-state index in [4.69, 9.17) is 10.00 Å². The van der Waals surface area contributed by atoms with Gasteiger partial charge in [0.1, 0.15) is 17.4 Å². The SMILES string of the molecule is N#Cc1cnc2ccccc2c1OCC(F)(F)C(F)F. The first kappa shape index (κ1) is 14.1. The van der Waals surface area contributed by atoms with Gasteiger partial charge in [0, 0.05) is 11.6 Å². The van der Waals surface area contributed by atoms with Crippen molar-refractivity contribution in [1.82, 2.24) is 4.98 Å². The van der Waals surface area contributed by atoms with Crippen LogP contribution in [0, 0.1) is 11.3 Å². The fourth-order valence-corrected chi connectivity index (χ4v) is 1.58. The number of benzene rings is 1. The molecular weight excluding hydrogens is 276 g/mol. The highest BCUT2D eigenvalue weighted by molar-refractivity contribution is 5.87. The molecule has 1 aromatic heterocycles. The molecule has 2 rings (SSSR count).